The summed E-state index contributed by atoms with van der Waals surface area (Å²) in [6.07, 6.45) is -1.42. The Kier molecular flexibility index (Phi) is 5.92. The summed E-state index contributed by atoms with van der Waals surface area (Å²) in [4.78, 5) is 16.2. The number of rotatable bonds is 3. The average Bonchev–Trinajstić information content (AvgIpc) is 2.61. The first-order chi connectivity index (χ1) is 12.4. The van der Waals surface area contributed by atoms with Crippen LogP contribution >= 0.6 is 34.8 Å². The number of aliphatic hydroxyl groups excluding tert-OH is 1. The molecule has 8 heteroatoms. The number of carbonyl (C=O) groups excluding carboxylic acids is 1. The van der Waals surface area contributed by atoms with Crippen LogP contribution in [0.25, 0.3) is 0 Å². The Hall–Kier alpha value is -1.53. The van der Waals surface area contributed by atoms with Crippen molar-refractivity contribution in [2.45, 2.75) is 6.10 Å². The van der Waals surface area contributed by atoms with Crippen LogP contribution in [0.1, 0.15) is 11.7 Å². The van der Waals surface area contributed by atoms with Crippen LogP contribution in [-0.4, -0.2) is 42.1 Å². The average molecular weight is 418 g/mol. The molecule has 1 amide bonds. The molecule has 0 radical (unpaired) electrons. The summed E-state index contributed by atoms with van der Waals surface area (Å²) in [7, 11) is 0. The Morgan fingerprint density at radius 3 is 2.31 bits per heavy atom. The molecule has 0 spiro atoms. The number of benzene rings is 2. The SMILES string of the molecule is O=C(C(O)c1ccc(F)cc1Cl)N1CCN(c2ccc(Cl)cc2Cl)CC1. The summed E-state index contributed by atoms with van der Waals surface area (Å²) in [6.45, 7) is 1.98. The van der Waals surface area contributed by atoms with E-state index in [1.165, 1.54) is 6.07 Å². The highest BCUT2D eigenvalue weighted by Gasteiger charge is 2.29. The van der Waals surface area contributed by atoms with E-state index < -0.39 is 17.8 Å². The minimum atomic E-state index is -1.42. The molecule has 0 aliphatic carbocycles. The summed E-state index contributed by atoms with van der Waals surface area (Å²) in [5.74, 6) is -0.979. The molecule has 0 aromatic heterocycles. The number of amides is 1. The largest absolute Gasteiger partial charge is 0.378 e. The molecule has 0 saturated carbocycles. The number of aliphatic hydroxyl groups is 1. The molecule has 0 bridgehead atoms. The molecule has 2 aromatic carbocycles. The van der Waals surface area contributed by atoms with Crippen LogP contribution in [0.2, 0.25) is 15.1 Å². The van der Waals surface area contributed by atoms with Gasteiger partial charge >= 0.3 is 0 Å². The standard InChI is InChI=1S/C18H16Cl3FN2O2/c19-11-1-4-16(15(21)9-11)23-5-7-24(8-6-23)18(26)17(25)13-3-2-12(22)10-14(13)20/h1-4,9-10,17,25H,5-8H2. The number of anilines is 1. The van der Waals surface area contributed by atoms with Gasteiger partial charge in [0.1, 0.15) is 5.82 Å². The van der Waals surface area contributed by atoms with Gasteiger partial charge in [0.05, 0.1) is 10.7 Å². The number of nitrogens with zero attached hydrogens (tertiary/aromatic N) is 2. The third kappa shape index (κ3) is 4.07. The van der Waals surface area contributed by atoms with Gasteiger partial charge in [0.25, 0.3) is 5.91 Å². The fourth-order valence-corrected chi connectivity index (χ4v) is 3.73. The maximum absolute atomic E-state index is 13.1. The van der Waals surface area contributed by atoms with Gasteiger partial charge in [-0.2, -0.15) is 0 Å². The van der Waals surface area contributed by atoms with E-state index in [9.17, 15) is 14.3 Å². The van der Waals surface area contributed by atoms with E-state index in [0.717, 1.165) is 17.8 Å². The summed E-state index contributed by atoms with van der Waals surface area (Å²) >= 11 is 18.1. The van der Waals surface area contributed by atoms with Crippen LogP contribution in [0.3, 0.4) is 0 Å². The van der Waals surface area contributed by atoms with Gasteiger partial charge < -0.3 is 14.9 Å². The fraction of sp³-hybridized carbons (Fsp3) is 0.278. The van der Waals surface area contributed by atoms with Crippen LogP contribution in [0.5, 0.6) is 0 Å². The highest BCUT2D eigenvalue weighted by molar-refractivity contribution is 6.36. The van der Waals surface area contributed by atoms with E-state index in [0.29, 0.717) is 36.2 Å². The maximum atomic E-state index is 13.1. The van der Waals surface area contributed by atoms with E-state index in [-0.39, 0.29) is 10.6 Å². The van der Waals surface area contributed by atoms with Crippen molar-refractivity contribution in [1.82, 2.24) is 4.90 Å². The number of piperazine rings is 1. The molecule has 1 saturated heterocycles. The lowest BCUT2D eigenvalue weighted by Crippen LogP contribution is -2.50. The number of carbonyl (C=O) groups is 1. The first-order valence-electron chi connectivity index (χ1n) is 7.98. The lowest BCUT2D eigenvalue weighted by atomic mass is 10.1. The van der Waals surface area contributed by atoms with Gasteiger partial charge in [0.2, 0.25) is 0 Å². The van der Waals surface area contributed by atoms with Crippen molar-refractivity contribution in [1.29, 1.82) is 0 Å². The van der Waals surface area contributed by atoms with Crippen molar-refractivity contribution in [3.63, 3.8) is 0 Å². The highest BCUT2D eigenvalue weighted by Crippen LogP contribution is 2.30. The lowest BCUT2D eigenvalue weighted by Gasteiger charge is -2.37. The van der Waals surface area contributed by atoms with Crippen LogP contribution in [0.4, 0.5) is 10.1 Å². The molecule has 1 aliphatic heterocycles. The van der Waals surface area contributed by atoms with Crippen LogP contribution in [0.15, 0.2) is 36.4 Å². The molecule has 1 aliphatic rings. The third-order valence-corrected chi connectivity index (χ3v) is 5.20. The zero-order valence-corrected chi connectivity index (χ0v) is 15.9. The smallest absolute Gasteiger partial charge is 0.256 e. The Morgan fingerprint density at radius 1 is 1.00 bits per heavy atom. The van der Waals surface area contributed by atoms with Gasteiger partial charge in [-0.1, -0.05) is 40.9 Å². The zero-order valence-electron chi connectivity index (χ0n) is 13.6. The second kappa shape index (κ2) is 8.01. The molecule has 4 nitrogen and oxygen atoms in total. The molecule has 1 N–H and O–H groups in total. The lowest BCUT2D eigenvalue weighted by molar-refractivity contribution is -0.140. The molecular formula is C18H16Cl3FN2O2. The van der Waals surface area contributed by atoms with Gasteiger partial charge in [-0.25, -0.2) is 4.39 Å². The number of hydrogen-bond donors (Lipinski definition) is 1. The first kappa shape index (κ1) is 19.2. The van der Waals surface area contributed by atoms with Crippen LogP contribution in [0, 0.1) is 5.82 Å². The van der Waals surface area contributed by atoms with Crippen molar-refractivity contribution in [2.75, 3.05) is 31.1 Å². The van der Waals surface area contributed by atoms with E-state index >= 15 is 0 Å². The molecule has 1 heterocycles. The molecule has 3 rings (SSSR count). The monoisotopic (exact) mass is 416 g/mol. The number of hydrogen-bond acceptors (Lipinski definition) is 3. The van der Waals surface area contributed by atoms with Crippen LogP contribution in [-0.2, 0) is 4.79 Å². The van der Waals surface area contributed by atoms with Crippen molar-refractivity contribution in [3.05, 3.63) is 62.8 Å². The van der Waals surface area contributed by atoms with Gasteiger partial charge in [-0.15, -0.1) is 0 Å². The molecule has 1 fully saturated rings. The summed E-state index contributed by atoms with van der Waals surface area (Å²) in [6, 6.07) is 8.85. The Bertz CT molecular complexity index is 826. The fourth-order valence-electron chi connectivity index (χ4n) is 2.93. The molecule has 26 heavy (non-hydrogen) atoms. The second-order valence-corrected chi connectivity index (χ2v) is 7.23. The summed E-state index contributed by atoms with van der Waals surface area (Å²) in [5, 5.41) is 11.5. The second-order valence-electron chi connectivity index (χ2n) is 5.98. The highest BCUT2D eigenvalue weighted by atomic mass is 35.5. The van der Waals surface area contributed by atoms with E-state index in [1.807, 2.05) is 6.07 Å². The van der Waals surface area contributed by atoms with Gasteiger partial charge in [-0.3, -0.25) is 4.79 Å². The van der Waals surface area contributed by atoms with Crippen molar-refractivity contribution in [2.24, 2.45) is 0 Å². The Balaban J connectivity index is 1.66. The van der Waals surface area contributed by atoms with Crippen molar-refractivity contribution < 1.29 is 14.3 Å². The predicted octanol–water partition coefficient (Wildman–Crippen LogP) is 4.17. The normalized spacial score (nSPS) is 15.9. The van der Waals surface area contributed by atoms with Crippen molar-refractivity contribution >= 4 is 46.4 Å². The molecule has 1 unspecified atom stereocenters. The molecule has 1 atom stereocenters. The summed E-state index contributed by atoms with van der Waals surface area (Å²) in [5.41, 5.74) is 1.05. The molecule has 2 aromatic rings. The minimum absolute atomic E-state index is 0.0254. The molecular weight excluding hydrogens is 402 g/mol. The summed E-state index contributed by atoms with van der Waals surface area (Å²) < 4.78 is 13.1. The maximum Gasteiger partial charge on any atom is 0.256 e. The van der Waals surface area contributed by atoms with Gasteiger partial charge in [0.15, 0.2) is 6.10 Å². The van der Waals surface area contributed by atoms with Crippen LogP contribution < -0.4 is 4.90 Å². The predicted molar refractivity (Wildman–Crippen MR) is 102 cm³/mol. The first-order valence-corrected chi connectivity index (χ1v) is 9.12. The quantitative estimate of drug-likeness (QED) is 0.815. The number of halogens is 4. The van der Waals surface area contributed by atoms with Gasteiger partial charge in [0, 0.05) is 41.8 Å². The van der Waals surface area contributed by atoms with E-state index in [1.54, 1.807) is 17.0 Å². The minimum Gasteiger partial charge on any atom is -0.378 e. The molecule has 138 valence electrons. The Labute approximate surface area is 165 Å². The van der Waals surface area contributed by atoms with Gasteiger partial charge in [-0.05, 0) is 30.3 Å². The van der Waals surface area contributed by atoms with E-state index in [4.69, 9.17) is 34.8 Å². The topological polar surface area (TPSA) is 43.8 Å². The third-order valence-electron chi connectivity index (χ3n) is 4.33. The zero-order chi connectivity index (χ0) is 18.8. The Morgan fingerprint density at radius 2 is 1.69 bits per heavy atom. The van der Waals surface area contributed by atoms with Crippen molar-refractivity contribution in [3.8, 4) is 0 Å². The van der Waals surface area contributed by atoms with E-state index in [2.05, 4.69) is 4.90 Å².